The van der Waals surface area contributed by atoms with Crippen LogP contribution in [-0.2, 0) is 9.53 Å². The van der Waals surface area contributed by atoms with Gasteiger partial charge in [0.25, 0.3) is 0 Å². The third kappa shape index (κ3) is 6.96. The molecule has 1 aliphatic heterocycles. The van der Waals surface area contributed by atoms with Crippen LogP contribution in [0.3, 0.4) is 0 Å². The number of carbonyl (C=O) groups excluding carboxylic acids is 1. The van der Waals surface area contributed by atoms with Crippen LogP contribution < -0.4 is 0 Å². The lowest BCUT2D eigenvalue weighted by atomic mass is 10.1. The van der Waals surface area contributed by atoms with Crippen molar-refractivity contribution in [2.75, 3.05) is 19.7 Å². The molecule has 0 bridgehead atoms. The molecule has 1 fully saturated rings. The van der Waals surface area contributed by atoms with E-state index in [1.807, 2.05) is 4.90 Å². The molecule has 1 rings (SSSR count). The maximum atomic E-state index is 12.0. The van der Waals surface area contributed by atoms with E-state index in [9.17, 15) is 4.79 Å². The molecule has 0 N–H and O–H groups in total. The maximum Gasteiger partial charge on any atom is 0.222 e. The van der Waals surface area contributed by atoms with Gasteiger partial charge in [0.05, 0.1) is 6.10 Å². The first-order chi connectivity index (χ1) is 9.63. The van der Waals surface area contributed by atoms with Crippen LogP contribution in [0.5, 0.6) is 0 Å². The van der Waals surface area contributed by atoms with Crippen LogP contribution in [0.25, 0.3) is 0 Å². The molecule has 0 aliphatic carbocycles. The monoisotopic (exact) mass is 279 g/mol. The summed E-state index contributed by atoms with van der Waals surface area (Å²) in [6.07, 6.45) is 6.22. The topological polar surface area (TPSA) is 29.5 Å². The van der Waals surface area contributed by atoms with Crippen molar-refractivity contribution >= 4 is 5.91 Å². The van der Waals surface area contributed by atoms with Crippen LogP contribution in [0.4, 0.5) is 0 Å². The summed E-state index contributed by atoms with van der Waals surface area (Å²) in [5.41, 5.74) is 0. The molecule has 3 heteroatoms. The highest BCUT2D eigenvalue weighted by Gasteiger charge is 2.22. The van der Waals surface area contributed by atoms with Crippen molar-refractivity contribution in [1.29, 1.82) is 0 Å². The predicted molar refractivity (Wildman–Crippen MR) is 82.3 cm³/mol. The van der Waals surface area contributed by atoms with Crippen LogP contribution >= 0.6 is 0 Å². The van der Waals surface area contributed by atoms with Crippen LogP contribution in [0.2, 0.25) is 0 Å². The van der Waals surface area contributed by atoms with Crippen molar-refractivity contribution in [3.05, 3.63) is 0 Å². The van der Waals surface area contributed by atoms with Gasteiger partial charge in [0.15, 0.2) is 0 Å². The summed E-state index contributed by atoms with van der Waals surface area (Å²) in [4.78, 5) is 14.0. The molecule has 1 heterocycles. The molecule has 114 valence electrons. The lowest BCUT2D eigenvalue weighted by Gasteiger charge is -2.31. The van der Waals surface area contributed by atoms with Crippen molar-refractivity contribution in [2.45, 2.75) is 65.4 Å². The fraction of sp³-hybridized carbons (Fsp3) is 0.824. The van der Waals surface area contributed by atoms with E-state index in [0.717, 1.165) is 38.8 Å². The average molecular weight is 279 g/mol. The number of unbranched alkanes of at least 4 members (excludes halogenated alkanes) is 2. The zero-order valence-electron chi connectivity index (χ0n) is 13.3. The first-order valence-electron chi connectivity index (χ1n) is 8.01. The average Bonchev–Trinajstić information content (AvgIpc) is 2.44. The second-order valence-electron chi connectivity index (χ2n) is 5.82. The summed E-state index contributed by atoms with van der Waals surface area (Å²) in [7, 11) is 0. The molecule has 3 nitrogen and oxygen atoms in total. The summed E-state index contributed by atoms with van der Waals surface area (Å²) in [6.45, 7) is 8.52. The summed E-state index contributed by atoms with van der Waals surface area (Å²) in [6, 6.07) is 0. The van der Waals surface area contributed by atoms with E-state index in [1.54, 1.807) is 0 Å². The minimum atomic E-state index is 0.274. The van der Waals surface area contributed by atoms with Gasteiger partial charge in [-0.2, -0.15) is 0 Å². The summed E-state index contributed by atoms with van der Waals surface area (Å²) in [5.74, 6) is 6.87. The molecule has 0 aromatic rings. The van der Waals surface area contributed by atoms with Crippen molar-refractivity contribution in [1.82, 2.24) is 4.90 Å². The Bertz CT molecular complexity index is 333. The standard InChI is InChI=1S/C17H29NO2/c1-4-5-6-9-17(19)18-12-10-16(11-13-18)20-14-7-8-15(2)3/h15-16H,4-6,9-14H2,1-3H3. The quantitative estimate of drug-likeness (QED) is 0.552. The van der Waals surface area contributed by atoms with Crippen molar-refractivity contribution in [2.24, 2.45) is 5.92 Å². The third-order valence-corrected chi connectivity index (χ3v) is 3.57. The van der Waals surface area contributed by atoms with E-state index in [1.165, 1.54) is 6.42 Å². The first kappa shape index (κ1) is 17.0. The molecule has 0 aromatic carbocycles. The molecular weight excluding hydrogens is 250 g/mol. The van der Waals surface area contributed by atoms with Gasteiger partial charge in [-0.1, -0.05) is 45.5 Å². The summed E-state index contributed by atoms with van der Waals surface area (Å²) < 4.78 is 5.75. The number of ether oxygens (including phenoxy) is 1. The largest absolute Gasteiger partial charge is 0.365 e. The SMILES string of the molecule is CCCCCC(=O)N1CCC(OCC#CC(C)C)CC1. The van der Waals surface area contributed by atoms with Gasteiger partial charge >= 0.3 is 0 Å². The Hall–Kier alpha value is -1.01. The number of likely N-dealkylation sites (tertiary alicyclic amines) is 1. The normalized spacial score (nSPS) is 16.1. The zero-order valence-corrected chi connectivity index (χ0v) is 13.3. The molecule has 1 aliphatic rings. The van der Waals surface area contributed by atoms with Crippen molar-refractivity contribution in [3.8, 4) is 11.8 Å². The number of hydrogen-bond acceptors (Lipinski definition) is 2. The molecular formula is C17H29NO2. The second kappa shape index (κ2) is 9.83. The molecule has 0 spiro atoms. The van der Waals surface area contributed by atoms with E-state index in [0.29, 0.717) is 24.9 Å². The highest BCUT2D eigenvalue weighted by Crippen LogP contribution is 2.15. The van der Waals surface area contributed by atoms with E-state index in [2.05, 4.69) is 32.6 Å². The number of piperidine rings is 1. The van der Waals surface area contributed by atoms with Crippen LogP contribution in [0.15, 0.2) is 0 Å². The Balaban J connectivity index is 2.16. The Labute approximate surface area is 124 Å². The van der Waals surface area contributed by atoms with E-state index >= 15 is 0 Å². The van der Waals surface area contributed by atoms with Gasteiger partial charge in [0.1, 0.15) is 6.61 Å². The number of nitrogens with zero attached hydrogens (tertiary/aromatic N) is 1. The van der Waals surface area contributed by atoms with Crippen molar-refractivity contribution in [3.63, 3.8) is 0 Å². The number of hydrogen-bond donors (Lipinski definition) is 0. The van der Waals surface area contributed by atoms with Gasteiger partial charge < -0.3 is 9.64 Å². The maximum absolute atomic E-state index is 12.0. The van der Waals surface area contributed by atoms with Gasteiger partial charge in [-0.15, -0.1) is 0 Å². The molecule has 0 aromatic heterocycles. The molecule has 1 saturated heterocycles. The van der Waals surface area contributed by atoms with Gasteiger partial charge in [0.2, 0.25) is 5.91 Å². The predicted octanol–water partition coefficient (Wildman–Crippen LogP) is 3.23. The van der Waals surface area contributed by atoms with Crippen LogP contribution in [-0.4, -0.2) is 36.6 Å². The summed E-state index contributed by atoms with van der Waals surface area (Å²) >= 11 is 0. The Morgan fingerprint density at radius 1 is 1.30 bits per heavy atom. The Morgan fingerprint density at radius 2 is 2.00 bits per heavy atom. The highest BCUT2D eigenvalue weighted by molar-refractivity contribution is 5.76. The van der Waals surface area contributed by atoms with E-state index in [4.69, 9.17) is 4.74 Å². The minimum absolute atomic E-state index is 0.274. The van der Waals surface area contributed by atoms with Gasteiger partial charge in [0, 0.05) is 25.4 Å². The lowest BCUT2D eigenvalue weighted by molar-refractivity contribution is -0.133. The fourth-order valence-electron chi connectivity index (χ4n) is 2.36. The van der Waals surface area contributed by atoms with Crippen LogP contribution in [0.1, 0.15) is 59.3 Å². The Morgan fingerprint density at radius 3 is 2.60 bits per heavy atom. The van der Waals surface area contributed by atoms with Gasteiger partial charge in [-0.25, -0.2) is 0 Å². The first-order valence-corrected chi connectivity index (χ1v) is 8.01. The van der Waals surface area contributed by atoms with E-state index < -0.39 is 0 Å². The van der Waals surface area contributed by atoms with Crippen LogP contribution in [0, 0.1) is 17.8 Å². The smallest absolute Gasteiger partial charge is 0.222 e. The highest BCUT2D eigenvalue weighted by atomic mass is 16.5. The lowest BCUT2D eigenvalue weighted by Crippen LogP contribution is -2.40. The molecule has 0 radical (unpaired) electrons. The molecule has 20 heavy (non-hydrogen) atoms. The van der Waals surface area contributed by atoms with E-state index in [-0.39, 0.29) is 6.10 Å². The number of rotatable bonds is 6. The van der Waals surface area contributed by atoms with Gasteiger partial charge in [-0.05, 0) is 19.3 Å². The minimum Gasteiger partial charge on any atom is -0.365 e. The van der Waals surface area contributed by atoms with Gasteiger partial charge in [-0.3, -0.25) is 4.79 Å². The molecule has 0 unspecified atom stereocenters. The number of amides is 1. The second-order valence-corrected chi connectivity index (χ2v) is 5.82. The third-order valence-electron chi connectivity index (χ3n) is 3.57. The summed E-state index contributed by atoms with van der Waals surface area (Å²) in [5, 5.41) is 0. The zero-order chi connectivity index (χ0) is 14.8. The molecule has 0 atom stereocenters. The van der Waals surface area contributed by atoms with Crippen molar-refractivity contribution < 1.29 is 9.53 Å². The Kier molecular flexibility index (Phi) is 8.37. The molecule has 1 amide bonds. The number of carbonyl (C=O) groups is 1. The fourth-order valence-corrected chi connectivity index (χ4v) is 2.36. The molecule has 0 saturated carbocycles.